The lowest BCUT2D eigenvalue weighted by Crippen LogP contribution is -2.02. The molecule has 0 spiro atoms. The van der Waals surface area contributed by atoms with Gasteiger partial charge in [0.1, 0.15) is 12.4 Å². The molecule has 0 bridgehead atoms. The molecule has 0 heterocycles. The Balaban J connectivity index is 2.82. The maximum absolute atomic E-state index is 13.3. The Labute approximate surface area is 86.9 Å². The van der Waals surface area contributed by atoms with Crippen LogP contribution >= 0.6 is 0 Å². The molecule has 0 atom stereocenters. The van der Waals surface area contributed by atoms with Gasteiger partial charge in [0.15, 0.2) is 5.78 Å². The number of esters is 1. The molecular weight excluding hydrogens is 199 g/mol. The molecule has 0 amide bonds. The smallest absolute Gasteiger partial charge is 0.302 e. The van der Waals surface area contributed by atoms with Crippen molar-refractivity contribution in [3.8, 4) is 0 Å². The summed E-state index contributed by atoms with van der Waals surface area (Å²) in [5.41, 5.74) is 0.564. The minimum absolute atomic E-state index is 0.0183. The summed E-state index contributed by atoms with van der Waals surface area (Å²) in [4.78, 5) is 21.4. The predicted octanol–water partition coefficient (Wildman–Crippen LogP) is 2.09. The molecule has 4 heteroatoms. The molecule has 0 saturated carbocycles. The first-order chi connectivity index (χ1) is 7.00. The zero-order valence-electron chi connectivity index (χ0n) is 8.54. The number of carbonyl (C=O) groups excluding carboxylic acids is 2. The first-order valence-electron chi connectivity index (χ1n) is 4.43. The normalized spacial score (nSPS) is 9.80. The maximum Gasteiger partial charge on any atom is 0.302 e. The fraction of sp³-hybridized carbons (Fsp3) is 0.273. The Morgan fingerprint density at radius 3 is 2.47 bits per heavy atom. The van der Waals surface area contributed by atoms with Gasteiger partial charge in [0.2, 0.25) is 0 Å². The lowest BCUT2D eigenvalue weighted by Gasteiger charge is -2.04. The minimum atomic E-state index is -0.591. The molecular formula is C11H11FO3. The van der Waals surface area contributed by atoms with Crippen LogP contribution in [0, 0.1) is 5.82 Å². The molecule has 15 heavy (non-hydrogen) atoms. The number of Topliss-reactive ketones (excluding diaryl/α,β-unsaturated/α-hetero) is 1. The Morgan fingerprint density at radius 1 is 1.33 bits per heavy atom. The van der Waals surface area contributed by atoms with Crippen LogP contribution in [0.4, 0.5) is 4.39 Å². The van der Waals surface area contributed by atoms with Crippen molar-refractivity contribution in [2.75, 3.05) is 0 Å². The Bertz CT molecular complexity index is 399. The van der Waals surface area contributed by atoms with Crippen molar-refractivity contribution >= 4 is 11.8 Å². The SMILES string of the molecule is CC(=O)OCc1ccc(C(C)=O)c(F)c1. The van der Waals surface area contributed by atoms with E-state index in [0.717, 1.165) is 0 Å². The van der Waals surface area contributed by atoms with E-state index in [9.17, 15) is 14.0 Å². The van der Waals surface area contributed by atoms with Crippen LogP contribution in [-0.2, 0) is 16.1 Å². The number of hydrogen-bond donors (Lipinski definition) is 0. The molecule has 80 valence electrons. The fourth-order valence-corrected chi connectivity index (χ4v) is 1.12. The second-order valence-electron chi connectivity index (χ2n) is 3.15. The molecule has 0 unspecified atom stereocenters. The van der Waals surface area contributed by atoms with Crippen LogP contribution in [0.5, 0.6) is 0 Å². The number of hydrogen-bond acceptors (Lipinski definition) is 3. The van der Waals surface area contributed by atoms with Gasteiger partial charge in [0, 0.05) is 6.92 Å². The summed E-state index contributed by atoms with van der Waals surface area (Å²) >= 11 is 0. The zero-order valence-corrected chi connectivity index (χ0v) is 8.54. The van der Waals surface area contributed by atoms with Gasteiger partial charge in [-0.2, -0.15) is 0 Å². The van der Waals surface area contributed by atoms with E-state index < -0.39 is 11.8 Å². The van der Waals surface area contributed by atoms with E-state index in [2.05, 4.69) is 0 Å². The van der Waals surface area contributed by atoms with Crippen LogP contribution in [0.3, 0.4) is 0 Å². The van der Waals surface area contributed by atoms with Crippen LogP contribution < -0.4 is 0 Å². The van der Waals surface area contributed by atoms with Gasteiger partial charge in [0.25, 0.3) is 0 Å². The number of rotatable bonds is 3. The van der Waals surface area contributed by atoms with Gasteiger partial charge in [0.05, 0.1) is 5.56 Å². The van der Waals surface area contributed by atoms with Gasteiger partial charge in [-0.3, -0.25) is 9.59 Å². The summed E-state index contributed by atoms with van der Waals surface area (Å²) in [6, 6.07) is 4.14. The van der Waals surface area contributed by atoms with Gasteiger partial charge in [-0.25, -0.2) is 4.39 Å². The van der Waals surface area contributed by atoms with Crippen molar-refractivity contribution in [3.63, 3.8) is 0 Å². The third kappa shape index (κ3) is 3.16. The summed E-state index contributed by atoms with van der Waals surface area (Å²) in [5.74, 6) is -1.34. The molecule has 1 rings (SSSR count). The summed E-state index contributed by atoms with van der Waals surface area (Å²) in [5, 5.41) is 0. The van der Waals surface area contributed by atoms with Crippen LogP contribution in [-0.4, -0.2) is 11.8 Å². The van der Waals surface area contributed by atoms with Crippen LogP contribution in [0.2, 0.25) is 0 Å². The van der Waals surface area contributed by atoms with Crippen molar-refractivity contribution in [2.45, 2.75) is 20.5 Å². The van der Waals surface area contributed by atoms with Crippen molar-refractivity contribution in [2.24, 2.45) is 0 Å². The van der Waals surface area contributed by atoms with E-state index in [1.54, 1.807) is 6.07 Å². The number of ether oxygens (including phenoxy) is 1. The topological polar surface area (TPSA) is 43.4 Å². The average Bonchev–Trinajstić information content (AvgIpc) is 2.14. The van der Waals surface area contributed by atoms with Crippen molar-refractivity contribution in [3.05, 3.63) is 35.1 Å². The zero-order chi connectivity index (χ0) is 11.4. The van der Waals surface area contributed by atoms with Crippen molar-refractivity contribution in [1.29, 1.82) is 0 Å². The molecule has 0 fully saturated rings. The highest BCUT2D eigenvalue weighted by Crippen LogP contribution is 2.12. The average molecular weight is 210 g/mol. The molecule has 0 N–H and O–H groups in total. The Hall–Kier alpha value is -1.71. The third-order valence-electron chi connectivity index (χ3n) is 1.85. The van der Waals surface area contributed by atoms with Crippen molar-refractivity contribution < 1.29 is 18.7 Å². The van der Waals surface area contributed by atoms with Crippen molar-refractivity contribution in [1.82, 2.24) is 0 Å². The van der Waals surface area contributed by atoms with E-state index in [0.29, 0.717) is 5.56 Å². The largest absolute Gasteiger partial charge is 0.461 e. The summed E-state index contributed by atoms with van der Waals surface area (Å²) < 4.78 is 18.0. The summed E-state index contributed by atoms with van der Waals surface area (Å²) in [7, 11) is 0. The highest BCUT2D eigenvalue weighted by molar-refractivity contribution is 5.94. The highest BCUT2D eigenvalue weighted by atomic mass is 19.1. The van der Waals surface area contributed by atoms with E-state index in [4.69, 9.17) is 4.74 Å². The fourth-order valence-electron chi connectivity index (χ4n) is 1.12. The van der Waals surface area contributed by atoms with Crippen LogP contribution in [0.25, 0.3) is 0 Å². The predicted molar refractivity (Wildman–Crippen MR) is 51.9 cm³/mol. The molecule has 0 radical (unpaired) electrons. The maximum atomic E-state index is 13.3. The number of carbonyl (C=O) groups is 2. The first kappa shape index (κ1) is 11.4. The quantitative estimate of drug-likeness (QED) is 0.566. The second kappa shape index (κ2) is 4.68. The molecule has 3 nitrogen and oxygen atoms in total. The lowest BCUT2D eigenvalue weighted by atomic mass is 10.1. The minimum Gasteiger partial charge on any atom is -0.461 e. The molecule has 0 aliphatic heterocycles. The molecule has 0 aliphatic rings. The van der Waals surface area contributed by atoms with E-state index >= 15 is 0 Å². The molecule has 0 aromatic heterocycles. The monoisotopic (exact) mass is 210 g/mol. The van der Waals surface area contributed by atoms with Gasteiger partial charge in [-0.15, -0.1) is 0 Å². The van der Waals surface area contributed by atoms with Crippen LogP contribution in [0.1, 0.15) is 29.8 Å². The van der Waals surface area contributed by atoms with E-state index in [-0.39, 0.29) is 18.0 Å². The highest BCUT2D eigenvalue weighted by Gasteiger charge is 2.08. The van der Waals surface area contributed by atoms with Gasteiger partial charge >= 0.3 is 5.97 Å². The van der Waals surface area contributed by atoms with E-state index in [1.807, 2.05) is 0 Å². The molecule has 1 aromatic carbocycles. The summed E-state index contributed by atoms with van der Waals surface area (Å²) in [6.45, 7) is 2.59. The Morgan fingerprint density at radius 2 is 2.00 bits per heavy atom. The van der Waals surface area contributed by atoms with Crippen LogP contribution in [0.15, 0.2) is 18.2 Å². The van der Waals surface area contributed by atoms with Gasteiger partial charge in [-0.05, 0) is 24.6 Å². The molecule has 0 saturated heterocycles. The molecule has 1 aromatic rings. The number of halogens is 1. The Kier molecular flexibility index (Phi) is 3.55. The van der Waals surface area contributed by atoms with E-state index in [1.165, 1.54) is 26.0 Å². The van der Waals surface area contributed by atoms with Gasteiger partial charge < -0.3 is 4.74 Å². The summed E-state index contributed by atoms with van der Waals surface area (Å²) in [6.07, 6.45) is 0. The number of benzene rings is 1. The third-order valence-corrected chi connectivity index (χ3v) is 1.85. The first-order valence-corrected chi connectivity index (χ1v) is 4.43. The second-order valence-corrected chi connectivity index (χ2v) is 3.15. The van der Waals surface area contributed by atoms with Gasteiger partial charge in [-0.1, -0.05) is 6.07 Å². The molecule has 0 aliphatic carbocycles. The standard InChI is InChI=1S/C11H11FO3/c1-7(13)10-4-3-9(5-11(10)12)6-15-8(2)14/h3-5H,6H2,1-2H3. The lowest BCUT2D eigenvalue weighted by molar-refractivity contribution is -0.142. The number of ketones is 1.